The molecule has 0 N–H and O–H groups in total. The Morgan fingerprint density at radius 2 is 1.84 bits per heavy atom. The molecule has 1 amide bonds. The summed E-state index contributed by atoms with van der Waals surface area (Å²) in [5.41, 5.74) is 5.88. The molecular weight excluding hydrogens is 404 g/mol. The number of aromatic nitrogens is 1. The van der Waals surface area contributed by atoms with Crippen molar-refractivity contribution < 1.29 is 18.8 Å². The number of fused-ring (bicyclic) bond motifs is 2. The zero-order valence-corrected chi connectivity index (χ0v) is 19.1. The third-order valence-corrected chi connectivity index (χ3v) is 7.10. The molecule has 0 atom stereocenters. The average molecular weight is 433 g/mol. The van der Waals surface area contributed by atoms with Gasteiger partial charge in [-0.1, -0.05) is 17.3 Å². The quantitative estimate of drug-likeness (QED) is 0.590. The van der Waals surface area contributed by atoms with Gasteiger partial charge < -0.3 is 14.2 Å². The summed E-state index contributed by atoms with van der Waals surface area (Å²) in [6, 6.07) is 7.92. The van der Waals surface area contributed by atoms with Gasteiger partial charge in [0.15, 0.2) is 11.4 Å². The van der Waals surface area contributed by atoms with Gasteiger partial charge in [0.05, 0.1) is 18.4 Å². The summed E-state index contributed by atoms with van der Waals surface area (Å²) in [7, 11) is 0. The highest BCUT2D eigenvalue weighted by Crippen LogP contribution is 2.41. The Bertz CT molecular complexity index is 1250. The Morgan fingerprint density at radius 1 is 1.09 bits per heavy atom. The molecular formula is C26H28N2O4. The standard InChI is InChI=1S/C26H28N2O4/c1-15-11-17(3)24-20(12-15)21(27-32-24)13-23(30)28-9-7-26(8-10-28)14-22(29)19-6-5-16(2)18(4)25(19)31-26/h5-6,11-12H,7-10,13-14H2,1-4H3. The third-order valence-electron chi connectivity index (χ3n) is 7.10. The third kappa shape index (κ3) is 3.38. The number of likely N-dealkylation sites (tertiary alicyclic amines) is 1. The van der Waals surface area contributed by atoms with Gasteiger partial charge in [-0.3, -0.25) is 9.59 Å². The van der Waals surface area contributed by atoms with Crippen molar-refractivity contribution in [2.24, 2.45) is 0 Å². The van der Waals surface area contributed by atoms with Gasteiger partial charge in [0.1, 0.15) is 17.0 Å². The summed E-state index contributed by atoms with van der Waals surface area (Å²) in [5.74, 6) is 0.888. The fraction of sp³-hybridized carbons (Fsp3) is 0.423. The van der Waals surface area contributed by atoms with Crippen molar-refractivity contribution in [2.75, 3.05) is 13.1 Å². The van der Waals surface area contributed by atoms with Gasteiger partial charge in [0.25, 0.3) is 0 Å². The molecule has 32 heavy (non-hydrogen) atoms. The number of piperidine rings is 1. The monoisotopic (exact) mass is 432 g/mol. The zero-order chi connectivity index (χ0) is 22.6. The lowest BCUT2D eigenvalue weighted by atomic mass is 9.81. The molecule has 1 aromatic heterocycles. The minimum atomic E-state index is -0.520. The van der Waals surface area contributed by atoms with E-state index in [1.807, 2.05) is 50.8 Å². The Kier molecular flexibility index (Phi) is 4.84. The Hall–Kier alpha value is -3.15. The molecule has 2 aromatic carbocycles. The minimum absolute atomic E-state index is 0.0313. The number of carbonyl (C=O) groups excluding carboxylic acids is 2. The molecule has 1 saturated heterocycles. The number of ketones is 1. The smallest absolute Gasteiger partial charge is 0.228 e. The van der Waals surface area contributed by atoms with E-state index in [4.69, 9.17) is 9.26 Å². The summed E-state index contributed by atoms with van der Waals surface area (Å²) in [6.45, 7) is 9.19. The molecule has 166 valence electrons. The normalized spacial score (nSPS) is 17.5. The first-order chi connectivity index (χ1) is 15.3. The number of hydrogen-bond donors (Lipinski definition) is 0. The van der Waals surface area contributed by atoms with E-state index in [-0.39, 0.29) is 18.1 Å². The number of aryl methyl sites for hydroxylation is 3. The van der Waals surface area contributed by atoms with E-state index in [9.17, 15) is 9.59 Å². The van der Waals surface area contributed by atoms with Crippen LogP contribution in [0.3, 0.4) is 0 Å². The fourth-order valence-corrected chi connectivity index (χ4v) is 5.05. The lowest BCUT2D eigenvalue weighted by molar-refractivity contribution is -0.134. The molecule has 3 heterocycles. The average Bonchev–Trinajstić information content (AvgIpc) is 3.14. The number of hydrogen-bond acceptors (Lipinski definition) is 5. The van der Waals surface area contributed by atoms with Crippen LogP contribution in [0.15, 0.2) is 28.8 Å². The summed E-state index contributed by atoms with van der Waals surface area (Å²) in [4.78, 5) is 27.8. The maximum atomic E-state index is 13.0. The van der Waals surface area contributed by atoms with Crippen LogP contribution in [0.2, 0.25) is 0 Å². The Labute approximate surface area is 187 Å². The van der Waals surface area contributed by atoms with Crippen molar-refractivity contribution in [3.8, 4) is 5.75 Å². The number of carbonyl (C=O) groups is 2. The van der Waals surface area contributed by atoms with Gasteiger partial charge in [-0.15, -0.1) is 0 Å². The Balaban J connectivity index is 1.30. The lowest BCUT2D eigenvalue weighted by Gasteiger charge is -2.44. The van der Waals surface area contributed by atoms with Crippen molar-refractivity contribution >= 4 is 22.7 Å². The molecule has 6 nitrogen and oxygen atoms in total. The summed E-state index contributed by atoms with van der Waals surface area (Å²) >= 11 is 0. The van der Waals surface area contributed by atoms with Crippen LogP contribution in [0.5, 0.6) is 5.75 Å². The first kappa shape index (κ1) is 20.7. The van der Waals surface area contributed by atoms with Gasteiger partial charge in [-0.05, 0) is 62.1 Å². The first-order valence-corrected chi connectivity index (χ1v) is 11.2. The van der Waals surface area contributed by atoms with E-state index >= 15 is 0 Å². The molecule has 0 aliphatic carbocycles. The van der Waals surface area contributed by atoms with E-state index in [2.05, 4.69) is 11.2 Å². The predicted molar refractivity (Wildman–Crippen MR) is 121 cm³/mol. The van der Waals surface area contributed by atoms with E-state index in [1.54, 1.807) is 0 Å². The molecule has 0 radical (unpaired) electrons. The zero-order valence-electron chi connectivity index (χ0n) is 19.1. The molecule has 1 fully saturated rings. The Morgan fingerprint density at radius 3 is 2.59 bits per heavy atom. The maximum absolute atomic E-state index is 13.0. The van der Waals surface area contributed by atoms with Gasteiger partial charge in [-0.25, -0.2) is 0 Å². The van der Waals surface area contributed by atoms with Gasteiger partial charge in [0, 0.05) is 31.3 Å². The van der Waals surface area contributed by atoms with Gasteiger partial charge in [0.2, 0.25) is 5.91 Å². The summed E-state index contributed by atoms with van der Waals surface area (Å²) < 4.78 is 12.0. The maximum Gasteiger partial charge on any atom is 0.228 e. The lowest BCUT2D eigenvalue weighted by Crippen LogP contribution is -2.52. The van der Waals surface area contributed by atoms with Gasteiger partial charge >= 0.3 is 0 Å². The number of rotatable bonds is 2. The highest BCUT2D eigenvalue weighted by Gasteiger charge is 2.44. The highest BCUT2D eigenvalue weighted by atomic mass is 16.5. The molecule has 2 aliphatic rings. The van der Waals surface area contributed by atoms with E-state index in [0.717, 1.165) is 39.0 Å². The highest BCUT2D eigenvalue weighted by molar-refractivity contribution is 6.01. The number of nitrogens with zero attached hydrogens (tertiary/aromatic N) is 2. The van der Waals surface area contributed by atoms with E-state index in [0.29, 0.717) is 43.6 Å². The molecule has 6 heteroatoms. The number of Topliss-reactive ketones (excluding diaryl/α,β-unsaturated/α-hetero) is 1. The molecule has 2 aliphatic heterocycles. The SMILES string of the molecule is Cc1cc(C)c2onc(CC(=O)N3CCC4(CC3)CC(=O)c3ccc(C)c(C)c3O4)c2c1. The van der Waals surface area contributed by atoms with Crippen molar-refractivity contribution in [2.45, 2.75) is 59.0 Å². The molecule has 0 unspecified atom stereocenters. The molecule has 3 aromatic rings. The molecule has 5 rings (SSSR count). The second kappa shape index (κ2) is 7.47. The number of amides is 1. The van der Waals surface area contributed by atoms with Crippen molar-refractivity contribution in [3.63, 3.8) is 0 Å². The molecule has 1 spiro atoms. The number of ether oxygens (including phenoxy) is 1. The van der Waals surface area contributed by atoms with Crippen LogP contribution in [0.4, 0.5) is 0 Å². The van der Waals surface area contributed by atoms with E-state index in [1.165, 1.54) is 0 Å². The largest absolute Gasteiger partial charge is 0.486 e. The van der Waals surface area contributed by atoms with Crippen molar-refractivity contribution in [1.29, 1.82) is 0 Å². The molecule has 0 bridgehead atoms. The second-order valence-electron chi connectivity index (χ2n) is 9.41. The van der Waals surface area contributed by atoms with Crippen LogP contribution in [0, 0.1) is 27.7 Å². The topological polar surface area (TPSA) is 72.6 Å². The summed E-state index contributed by atoms with van der Waals surface area (Å²) in [5, 5.41) is 5.09. The second-order valence-corrected chi connectivity index (χ2v) is 9.41. The van der Waals surface area contributed by atoms with Crippen molar-refractivity contribution in [3.05, 3.63) is 57.8 Å². The first-order valence-electron chi connectivity index (χ1n) is 11.2. The fourth-order valence-electron chi connectivity index (χ4n) is 5.05. The summed E-state index contributed by atoms with van der Waals surface area (Å²) in [6.07, 6.45) is 1.88. The molecule has 0 saturated carbocycles. The number of benzene rings is 2. The van der Waals surface area contributed by atoms with Crippen LogP contribution in [0.1, 0.15) is 57.6 Å². The van der Waals surface area contributed by atoms with Crippen LogP contribution in [-0.4, -0.2) is 40.4 Å². The van der Waals surface area contributed by atoms with Crippen LogP contribution in [-0.2, 0) is 11.2 Å². The van der Waals surface area contributed by atoms with E-state index < -0.39 is 5.60 Å². The van der Waals surface area contributed by atoms with Gasteiger partial charge in [-0.2, -0.15) is 0 Å². The van der Waals surface area contributed by atoms with Crippen LogP contribution in [0.25, 0.3) is 11.0 Å². The minimum Gasteiger partial charge on any atom is -0.486 e. The van der Waals surface area contributed by atoms with Crippen LogP contribution >= 0.6 is 0 Å². The predicted octanol–water partition coefficient (Wildman–Crippen LogP) is 4.63. The van der Waals surface area contributed by atoms with Crippen LogP contribution < -0.4 is 4.74 Å². The van der Waals surface area contributed by atoms with Crippen molar-refractivity contribution in [1.82, 2.24) is 10.1 Å².